The molecule has 1 aliphatic heterocycles. The molecule has 0 saturated carbocycles. The zero-order valence-corrected chi connectivity index (χ0v) is 10.7. The highest BCUT2D eigenvalue weighted by atomic mass is 32.2. The van der Waals surface area contributed by atoms with Gasteiger partial charge in [-0.1, -0.05) is 17.7 Å². The molecule has 1 N–H and O–H groups in total. The molecular formula is C11H14N2O4S. The van der Waals surface area contributed by atoms with Gasteiger partial charge in [0.15, 0.2) is 9.84 Å². The molecule has 7 heteroatoms. The van der Waals surface area contributed by atoms with Crippen LogP contribution >= 0.6 is 0 Å². The number of hydrogen-bond acceptors (Lipinski definition) is 5. The second-order valence-corrected chi connectivity index (χ2v) is 6.63. The number of nitrogens with zero attached hydrogens (tertiary/aromatic N) is 2. The zero-order valence-electron chi connectivity index (χ0n) is 9.85. The number of sulfone groups is 1. The van der Waals surface area contributed by atoms with Gasteiger partial charge in [-0.15, -0.1) is 4.91 Å². The molecule has 6 nitrogen and oxygen atoms in total. The molecule has 0 amide bonds. The second kappa shape index (κ2) is 4.66. The van der Waals surface area contributed by atoms with Crippen molar-refractivity contribution in [3.05, 3.63) is 34.7 Å². The monoisotopic (exact) mass is 270 g/mol. The van der Waals surface area contributed by atoms with Gasteiger partial charge >= 0.3 is 0 Å². The van der Waals surface area contributed by atoms with Crippen LogP contribution in [0.1, 0.15) is 5.56 Å². The van der Waals surface area contributed by atoms with E-state index < -0.39 is 22.0 Å². The summed E-state index contributed by atoms with van der Waals surface area (Å²) in [5.41, 5.74) is 1.50. The highest BCUT2D eigenvalue weighted by Crippen LogP contribution is 2.25. The number of benzene rings is 1. The van der Waals surface area contributed by atoms with Crippen molar-refractivity contribution < 1.29 is 13.5 Å². The van der Waals surface area contributed by atoms with Crippen LogP contribution in [0.5, 0.6) is 0 Å². The molecule has 1 aromatic carbocycles. The molecule has 1 saturated heterocycles. The minimum atomic E-state index is -3.31. The predicted octanol–water partition coefficient (Wildman–Crippen LogP) is 0.641. The standard InChI is InChI=1S/C11H14N2O4S/c1-8-2-4-9(5-3-8)13(12-15)10-6-18(16,17)7-11(10)14/h2-5,10-11,14H,6-7H2,1H3. The molecule has 1 aromatic rings. The first-order chi connectivity index (χ1) is 8.43. The molecule has 1 aliphatic rings. The first kappa shape index (κ1) is 13.0. The van der Waals surface area contributed by atoms with Gasteiger partial charge in [0.2, 0.25) is 0 Å². The minimum Gasteiger partial charge on any atom is -0.390 e. The fourth-order valence-corrected chi connectivity index (χ4v) is 3.80. The lowest BCUT2D eigenvalue weighted by Gasteiger charge is -2.23. The molecule has 2 unspecified atom stereocenters. The first-order valence-corrected chi connectivity index (χ1v) is 7.33. The van der Waals surface area contributed by atoms with Gasteiger partial charge in [0.05, 0.1) is 34.6 Å². The fourth-order valence-electron chi connectivity index (χ4n) is 2.04. The largest absolute Gasteiger partial charge is 0.390 e. The summed E-state index contributed by atoms with van der Waals surface area (Å²) in [6.45, 7) is 1.90. The summed E-state index contributed by atoms with van der Waals surface area (Å²) in [7, 11) is -3.31. The average Bonchev–Trinajstić information content (AvgIpc) is 2.56. The number of nitroso groups, excluding NO2 is 1. The van der Waals surface area contributed by atoms with Crippen molar-refractivity contribution in [2.75, 3.05) is 16.5 Å². The third-order valence-electron chi connectivity index (χ3n) is 2.99. The van der Waals surface area contributed by atoms with Crippen molar-refractivity contribution in [1.29, 1.82) is 0 Å². The van der Waals surface area contributed by atoms with Crippen LogP contribution < -0.4 is 5.01 Å². The lowest BCUT2D eigenvalue weighted by molar-refractivity contribution is 0.178. The van der Waals surface area contributed by atoms with Crippen LogP contribution in [0.15, 0.2) is 29.6 Å². The van der Waals surface area contributed by atoms with Gasteiger partial charge < -0.3 is 5.11 Å². The molecule has 98 valence electrons. The Morgan fingerprint density at radius 1 is 1.28 bits per heavy atom. The SMILES string of the molecule is Cc1ccc(N(N=O)C2CS(=O)(=O)CC2O)cc1. The van der Waals surface area contributed by atoms with E-state index in [1.165, 1.54) is 0 Å². The van der Waals surface area contributed by atoms with Crippen molar-refractivity contribution in [3.63, 3.8) is 0 Å². The van der Waals surface area contributed by atoms with E-state index in [4.69, 9.17) is 0 Å². The predicted molar refractivity (Wildman–Crippen MR) is 67.9 cm³/mol. The van der Waals surface area contributed by atoms with E-state index in [0.717, 1.165) is 10.6 Å². The Bertz CT molecular complexity index is 541. The number of rotatable bonds is 3. The Morgan fingerprint density at radius 3 is 2.33 bits per heavy atom. The van der Waals surface area contributed by atoms with Crippen LogP contribution in [-0.4, -0.2) is 37.2 Å². The molecule has 0 aliphatic carbocycles. The van der Waals surface area contributed by atoms with Crippen molar-refractivity contribution >= 4 is 15.5 Å². The molecule has 1 heterocycles. The van der Waals surface area contributed by atoms with E-state index in [1.807, 2.05) is 6.92 Å². The van der Waals surface area contributed by atoms with E-state index in [2.05, 4.69) is 5.29 Å². The Labute approximate surface area is 105 Å². The van der Waals surface area contributed by atoms with Gasteiger partial charge in [-0.2, -0.15) is 0 Å². The normalized spacial score (nSPS) is 25.9. The summed E-state index contributed by atoms with van der Waals surface area (Å²) in [5.74, 6) is -0.580. The van der Waals surface area contributed by atoms with Gasteiger partial charge in [0, 0.05) is 0 Å². The Balaban J connectivity index is 2.29. The van der Waals surface area contributed by atoms with Gasteiger partial charge in [-0.3, -0.25) is 0 Å². The summed E-state index contributed by atoms with van der Waals surface area (Å²) in [6.07, 6.45) is -1.09. The molecule has 0 radical (unpaired) electrons. The van der Waals surface area contributed by atoms with Gasteiger partial charge in [-0.25, -0.2) is 13.4 Å². The highest BCUT2D eigenvalue weighted by molar-refractivity contribution is 7.91. The van der Waals surface area contributed by atoms with E-state index in [1.54, 1.807) is 24.3 Å². The topological polar surface area (TPSA) is 87.0 Å². The maximum Gasteiger partial charge on any atom is 0.155 e. The lowest BCUT2D eigenvalue weighted by atomic mass is 10.1. The molecule has 2 rings (SSSR count). The summed E-state index contributed by atoms with van der Waals surface area (Å²) in [6, 6.07) is 6.13. The van der Waals surface area contributed by atoms with Crippen LogP contribution in [0.4, 0.5) is 5.69 Å². The molecule has 0 bridgehead atoms. The molecule has 0 spiro atoms. The number of aliphatic hydroxyl groups is 1. The second-order valence-electron chi connectivity index (χ2n) is 4.47. The van der Waals surface area contributed by atoms with Gasteiger partial charge in [-0.05, 0) is 19.1 Å². The van der Waals surface area contributed by atoms with Crippen molar-refractivity contribution in [2.45, 2.75) is 19.1 Å². The van der Waals surface area contributed by atoms with Crippen LogP contribution in [0.3, 0.4) is 0 Å². The van der Waals surface area contributed by atoms with E-state index in [9.17, 15) is 18.4 Å². The van der Waals surface area contributed by atoms with Crippen LogP contribution in [0.25, 0.3) is 0 Å². The van der Waals surface area contributed by atoms with Crippen LogP contribution in [0, 0.1) is 11.8 Å². The number of aryl methyl sites for hydroxylation is 1. The van der Waals surface area contributed by atoms with E-state index in [0.29, 0.717) is 5.69 Å². The molecule has 2 atom stereocenters. The molecule has 0 aromatic heterocycles. The lowest BCUT2D eigenvalue weighted by Crippen LogP contribution is -2.39. The highest BCUT2D eigenvalue weighted by Gasteiger charge is 2.41. The number of hydrogen-bond donors (Lipinski definition) is 1. The van der Waals surface area contributed by atoms with Crippen molar-refractivity contribution in [3.8, 4) is 0 Å². The Morgan fingerprint density at radius 2 is 1.89 bits per heavy atom. The van der Waals surface area contributed by atoms with Gasteiger partial charge in [0.1, 0.15) is 0 Å². The van der Waals surface area contributed by atoms with Crippen LogP contribution in [-0.2, 0) is 9.84 Å². The number of aliphatic hydroxyl groups excluding tert-OH is 1. The molecule has 1 fully saturated rings. The van der Waals surface area contributed by atoms with Crippen molar-refractivity contribution in [2.24, 2.45) is 5.29 Å². The summed E-state index contributed by atoms with van der Waals surface area (Å²) in [4.78, 5) is 10.9. The summed E-state index contributed by atoms with van der Waals surface area (Å²) >= 11 is 0. The van der Waals surface area contributed by atoms with Gasteiger partial charge in [0.25, 0.3) is 0 Å². The zero-order chi connectivity index (χ0) is 13.3. The molecule has 18 heavy (non-hydrogen) atoms. The minimum absolute atomic E-state index is 0.256. The first-order valence-electron chi connectivity index (χ1n) is 5.50. The fraction of sp³-hybridized carbons (Fsp3) is 0.455. The van der Waals surface area contributed by atoms with E-state index >= 15 is 0 Å². The summed E-state index contributed by atoms with van der Waals surface area (Å²) in [5, 5.41) is 13.6. The van der Waals surface area contributed by atoms with E-state index in [-0.39, 0.29) is 11.5 Å². The Kier molecular flexibility index (Phi) is 3.36. The smallest absolute Gasteiger partial charge is 0.155 e. The van der Waals surface area contributed by atoms with Crippen LogP contribution in [0.2, 0.25) is 0 Å². The third kappa shape index (κ3) is 2.51. The maximum absolute atomic E-state index is 11.4. The maximum atomic E-state index is 11.4. The number of anilines is 1. The Hall–Kier alpha value is -1.47. The average molecular weight is 270 g/mol. The third-order valence-corrected chi connectivity index (χ3v) is 4.69. The quantitative estimate of drug-likeness (QED) is 0.643. The molecular weight excluding hydrogens is 256 g/mol. The van der Waals surface area contributed by atoms with Crippen molar-refractivity contribution in [1.82, 2.24) is 0 Å². The summed E-state index contributed by atoms with van der Waals surface area (Å²) < 4.78 is 22.9.